The van der Waals surface area contributed by atoms with Crippen molar-refractivity contribution in [1.82, 2.24) is 24.1 Å². The number of fused-ring (bicyclic) bond motifs is 2. The number of aromatic nitrogens is 5. The lowest BCUT2D eigenvalue weighted by atomic mass is 10.1. The second kappa shape index (κ2) is 5.42. The minimum atomic E-state index is 0.245. The molecule has 0 bridgehead atoms. The summed E-state index contributed by atoms with van der Waals surface area (Å²) in [7, 11) is 1.93. The first-order valence-corrected chi connectivity index (χ1v) is 8.24. The van der Waals surface area contributed by atoms with Gasteiger partial charge in [-0.15, -0.1) is 0 Å². The topological polar surface area (TPSA) is 68.2 Å². The number of rotatable bonds is 2. The number of hydrogen-bond acceptors (Lipinski definition) is 4. The van der Waals surface area contributed by atoms with Crippen LogP contribution in [0.2, 0.25) is 0 Å². The fourth-order valence-electron chi connectivity index (χ4n) is 3.21. The van der Waals surface area contributed by atoms with E-state index in [1.165, 1.54) is 0 Å². The summed E-state index contributed by atoms with van der Waals surface area (Å²) in [5, 5.41) is 14.9. The van der Waals surface area contributed by atoms with Crippen molar-refractivity contribution in [2.45, 2.75) is 0 Å². The molecule has 0 saturated carbocycles. The molecular weight excluding hydrogens is 326 g/mol. The second-order valence-corrected chi connectivity index (χ2v) is 6.23. The van der Waals surface area contributed by atoms with Crippen molar-refractivity contribution < 1.29 is 5.11 Å². The Morgan fingerprint density at radius 2 is 1.69 bits per heavy atom. The van der Waals surface area contributed by atoms with Gasteiger partial charge in [0.05, 0.1) is 35.5 Å². The van der Waals surface area contributed by atoms with Crippen LogP contribution >= 0.6 is 0 Å². The summed E-state index contributed by atoms with van der Waals surface area (Å²) in [5.41, 5.74) is 5.68. The van der Waals surface area contributed by atoms with Crippen molar-refractivity contribution >= 4 is 16.6 Å². The highest BCUT2D eigenvalue weighted by atomic mass is 16.3. The van der Waals surface area contributed by atoms with Crippen molar-refractivity contribution in [2.75, 3.05) is 0 Å². The molecule has 0 saturated heterocycles. The molecule has 3 heterocycles. The number of nitrogens with zero attached hydrogens (tertiary/aromatic N) is 5. The van der Waals surface area contributed by atoms with Gasteiger partial charge in [0.15, 0.2) is 5.65 Å². The van der Waals surface area contributed by atoms with E-state index in [4.69, 9.17) is 0 Å². The number of benzene rings is 2. The van der Waals surface area contributed by atoms with Gasteiger partial charge < -0.3 is 5.11 Å². The number of phenols is 1. The molecule has 5 aromatic rings. The van der Waals surface area contributed by atoms with E-state index in [0.717, 1.165) is 39.1 Å². The van der Waals surface area contributed by atoms with E-state index < -0.39 is 0 Å². The second-order valence-electron chi connectivity index (χ2n) is 6.23. The zero-order valence-corrected chi connectivity index (χ0v) is 14.0. The van der Waals surface area contributed by atoms with Crippen molar-refractivity contribution in [2.24, 2.45) is 7.05 Å². The first kappa shape index (κ1) is 14.7. The monoisotopic (exact) mass is 341 g/mol. The minimum Gasteiger partial charge on any atom is -0.508 e. The highest BCUT2D eigenvalue weighted by molar-refractivity contribution is 5.84. The Bertz CT molecular complexity index is 1250. The van der Waals surface area contributed by atoms with Crippen molar-refractivity contribution in [3.05, 3.63) is 67.3 Å². The van der Waals surface area contributed by atoms with Crippen LogP contribution in [0, 0.1) is 0 Å². The van der Waals surface area contributed by atoms with Gasteiger partial charge in [0.2, 0.25) is 0 Å². The minimum absolute atomic E-state index is 0.245. The van der Waals surface area contributed by atoms with E-state index in [-0.39, 0.29) is 5.75 Å². The zero-order valence-electron chi connectivity index (χ0n) is 14.0. The highest BCUT2D eigenvalue weighted by Crippen LogP contribution is 2.26. The van der Waals surface area contributed by atoms with Crippen molar-refractivity contribution in [3.8, 4) is 28.3 Å². The lowest BCUT2D eigenvalue weighted by Crippen LogP contribution is -1.93. The molecule has 0 fully saturated rings. The molecule has 5 rings (SSSR count). The molecule has 1 N–H and O–H groups in total. The Labute approximate surface area is 149 Å². The van der Waals surface area contributed by atoms with E-state index in [2.05, 4.69) is 33.3 Å². The van der Waals surface area contributed by atoms with Crippen LogP contribution in [0.1, 0.15) is 0 Å². The zero-order chi connectivity index (χ0) is 17.7. The molecule has 26 heavy (non-hydrogen) atoms. The van der Waals surface area contributed by atoms with E-state index in [1.54, 1.807) is 18.3 Å². The van der Waals surface area contributed by atoms with Crippen molar-refractivity contribution in [1.29, 1.82) is 0 Å². The normalized spacial score (nSPS) is 11.4. The number of phenolic OH excluding ortho intramolecular Hbond substituents is 1. The maximum atomic E-state index is 9.51. The van der Waals surface area contributed by atoms with Crippen molar-refractivity contribution in [3.63, 3.8) is 0 Å². The molecule has 0 aliphatic rings. The van der Waals surface area contributed by atoms with E-state index in [9.17, 15) is 5.11 Å². The van der Waals surface area contributed by atoms with Gasteiger partial charge >= 0.3 is 0 Å². The fourth-order valence-corrected chi connectivity index (χ4v) is 3.21. The predicted octanol–water partition coefficient (Wildman–Crippen LogP) is 3.66. The summed E-state index contributed by atoms with van der Waals surface area (Å²) >= 11 is 0. The molecule has 126 valence electrons. The largest absolute Gasteiger partial charge is 0.508 e. The first-order chi connectivity index (χ1) is 12.7. The smallest absolute Gasteiger partial charge is 0.155 e. The number of aryl methyl sites for hydroxylation is 1. The third kappa shape index (κ3) is 2.23. The summed E-state index contributed by atoms with van der Waals surface area (Å²) < 4.78 is 3.87. The van der Waals surface area contributed by atoms with Gasteiger partial charge in [0.1, 0.15) is 5.75 Å². The molecule has 6 nitrogen and oxygen atoms in total. The maximum absolute atomic E-state index is 9.51. The van der Waals surface area contributed by atoms with Crippen LogP contribution in [-0.2, 0) is 7.05 Å². The standard InChI is InChI=1S/C20H15N5O/c1-24-18-7-4-14(8-15(18)9-23-24)17-12-25-19(10-22-20(25)11-21-17)13-2-5-16(26)6-3-13/h2-12,26H,1H3. The molecule has 0 atom stereocenters. The maximum Gasteiger partial charge on any atom is 0.155 e. The van der Waals surface area contributed by atoms with E-state index >= 15 is 0 Å². The van der Waals surface area contributed by atoms with E-state index in [0.29, 0.717) is 0 Å². The van der Waals surface area contributed by atoms with Crippen LogP contribution < -0.4 is 0 Å². The Morgan fingerprint density at radius 1 is 0.885 bits per heavy atom. The highest BCUT2D eigenvalue weighted by Gasteiger charge is 2.10. The van der Waals surface area contributed by atoms with Gasteiger partial charge in [0, 0.05) is 29.8 Å². The average molecular weight is 341 g/mol. The molecule has 0 unspecified atom stereocenters. The lowest BCUT2D eigenvalue weighted by molar-refractivity contribution is 0.475. The average Bonchev–Trinajstić information content (AvgIpc) is 3.25. The van der Waals surface area contributed by atoms with Gasteiger partial charge in [0.25, 0.3) is 0 Å². The van der Waals surface area contributed by atoms with Gasteiger partial charge in [-0.2, -0.15) is 5.10 Å². The SMILES string of the molecule is Cn1ncc2cc(-c3cn4c(-c5ccc(O)cc5)cnc4cn3)ccc21. The molecule has 3 aromatic heterocycles. The molecule has 0 aliphatic carbocycles. The molecular formula is C20H15N5O. The fraction of sp³-hybridized carbons (Fsp3) is 0.0500. The summed E-state index contributed by atoms with van der Waals surface area (Å²) in [6.45, 7) is 0. The van der Waals surface area contributed by atoms with Crippen LogP contribution in [0.5, 0.6) is 5.75 Å². The van der Waals surface area contributed by atoms with Gasteiger partial charge in [-0.1, -0.05) is 6.07 Å². The summed E-state index contributed by atoms with van der Waals surface area (Å²) in [6.07, 6.45) is 7.43. The molecule has 0 aliphatic heterocycles. The molecule has 2 aromatic carbocycles. The number of aromatic hydroxyl groups is 1. The third-order valence-corrected chi connectivity index (χ3v) is 4.60. The summed E-state index contributed by atoms with van der Waals surface area (Å²) in [5.74, 6) is 0.245. The van der Waals surface area contributed by atoms with E-state index in [1.807, 2.05) is 46.9 Å². The Hall–Kier alpha value is -3.67. The predicted molar refractivity (Wildman–Crippen MR) is 99.8 cm³/mol. The number of hydrogen-bond donors (Lipinski definition) is 1. The molecule has 0 spiro atoms. The number of imidazole rings is 1. The van der Waals surface area contributed by atoms with Gasteiger partial charge in [-0.25, -0.2) is 4.98 Å². The van der Waals surface area contributed by atoms with Crippen LogP contribution in [-0.4, -0.2) is 29.3 Å². The Morgan fingerprint density at radius 3 is 2.54 bits per heavy atom. The van der Waals surface area contributed by atoms with Crippen LogP contribution in [0.25, 0.3) is 39.1 Å². The van der Waals surface area contributed by atoms with Gasteiger partial charge in [-0.05, 0) is 36.4 Å². The molecule has 0 radical (unpaired) electrons. The Kier molecular flexibility index (Phi) is 3.05. The summed E-state index contributed by atoms with van der Waals surface area (Å²) in [4.78, 5) is 8.99. The summed E-state index contributed by atoms with van der Waals surface area (Å²) in [6, 6.07) is 13.3. The quantitative estimate of drug-likeness (QED) is 0.532. The van der Waals surface area contributed by atoms with Crippen LogP contribution in [0.3, 0.4) is 0 Å². The third-order valence-electron chi connectivity index (χ3n) is 4.60. The van der Waals surface area contributed by atoms with Gasteiger partial charge in [-0.3, -0.25) is 14.1 Å². The first-order valence-electron chi connectivity index (χ1n) is 8.24. The molecule has 0 amide bonds. The lowest BCUT2D eigenvalue weighted by Gasteiger charge is -2.06. The Balaban J connectivity index is 1.66. The van der Waals surface area contributed by atoms with Crippen LogP contribution in [0.4, 0.5) is 0 Å². The molecule has 6 heteroatoms. The van der Waals surface area contributed by atoms with Crippen LogP contribution in [0.15, 0.2) is 67.3 Å².